The van der Waals surface area contributed by atoms with Crippen LogP contribution in [-0.2, 0) is 16.6 Å². The normalized spacial score (nSPS) is 38.1. The Kier molecular flexibility index (Phi) is 5.03. The number of phenols is 1. The van der Waals surface area contributed by atoms with E-state index in [1.54, 1.807) is 6.07 Å². The van der Waals surface area contributed by atoms with Crippen LogP contribution in [0.2, 0.25) is 0 Å². The lowest BCUT2D eigenvalue weighted by atomic mass is 9.48. The van der Waals surface area contributed by atoms with Gasteiger partial charge in [0.05, 0.1) is 17.1 Å². The number of rotatable bonds is 5. The molecule has 5 atom stereocenters. The van der Waals surface area contributed by atoms with Crippen molar-refractivity contribution in [3.63, 3.8) is 0 Å². The van der Waals surface area contributed by atoms with Crippen LogP contribution in [0.4, 0.5) is 0 Å². The number of aliphatic hydroxyl groups is 1. The maximum Gasteiger partial charge on any atom is 0.222 e. The zero-order chi connectivity index (χ0) is 23.9. The third-order valence-corrected chi connectivity index (χ3v) is 10.8. The van der Waals surface area contributed by atoms with Crippen molar-refractivity contribution < 1.29 is 19.7 Å². The van der Waals surface area contributed by atoms with Crippen LogP contribution in [0.3, 0.4) is 0 Å². The molecule has 1 saturated heterocycles. The summed E-state index contributed by atoms with van der Waals surface area (Å²) in [5, 5.41) is 23.4. The number of hydrogen-bond donors (Lipinski definition) is 2. The van der Waals surface area contributed by atoms with E-state index in [1.807, 2.05) is 11.9 Å². The third-order valence-electron chi connectivity index (χ3n) is 10.8. The van der Waals surface area contributed by atoms with E-state index in [1.165, 1.54) is 37.7 Å². The average molecular weight is 481 g/mol. The molecule has 4 fully saturated rings. The largest absolute Gasteiger partial charge is 0.504 e. The summed E-state index contributed by atoms with van der Waals surface area (Å²) in [5.41, 5.74) is 0.819. The molecule has 35 heavy (non-hydrogen) atoms. The minimum atomic E-state index is -0.888. The molecule has 2 aliphatic heterocycles. The van der Waals surface area contributed by atoms with Gasteiger partial charge in [0, 0.05) is 31.6 Å². The van der Waals surface area contributed by atoms with E-state index in [0.29, 0.717) is 24.5 Å². The lowest BCUT2D eigenvalue weighted by Crippen LogP contribution is -2.78. The Hall–Kier alpha value is -1.79. The minimum Gasteiger partial charge on any atom is -0.504 e. The summed E-state index contributed by atoms with van der Waals surface area (Å²) in [7, 11) is 1.95. The number of likely N-dealkylation sites (tertiary alicyclic amines) is 1. The van der Waals surface area contributed by atoms with Gasteiger partial charge in [-0.1, -0.05) is 25.3 Å². The molecule has 1 aromatic rings. The highest BCUT2D eigenvalue weighted by Crippen LogP contribution is 2.66. The fourth-order valence-corrected chi connectivity index (χ4v) is 8.82. The van der Waals surface area contributed by atoms with Gasteiger partial charge in [0.25, 0.3) is 0 Å². The maximum absolute atomic E-state index is 13.5. The van der Waals surface area contributed by atoms with Crippen LogP contribution in [0.25, 0.3) is 0 Å². The van der Waals surface area contributed by atoms with Gasteiger partial charge in [-0.05, 0) is 81.4 Å². The third kappa shape index (κ3) is 3.11. The number of piperidine rings is 1. The Morgan fingerprint density at radius 3 is 2.69 bits per heavy atom. The van der Waals surface area contributed by atoms with E-state index < -0.39 is 11.0 Å². The predicted octanol–water partition coefficient (Wildman–Crippen LogP) is 3.75. The summed E-state index contributed by atoms with van der Waals surface area (Å²) in [6.07, 6.45) is 12.1. The Morgan fingerprint density at radius 1 is 1.11 bits per heavy atom. The smallest absolute Gasteiger partial charge is 0.222 e. The number of carbonyl (C=O) groups excluding carboxylic acids is 1. The van der Waals surface area contributed by atoms with Crippen molar-refractivity contribution in [1.82, 2.24) is 9.80 Å². The molecule has 7 rings (SSSR count). The van der Waals surface area contributed by atoms with Crippen LogP contribution in [0.1, 0.15) is 81.8 Å². The molecule has 3 saturated carbocycles. The summed E-state index contributed by atoms with van der Waals surface area (Å²) in [5.74, 6) is 2.23. The van der Waals surface area contributed by atoms with E-state index in [0.717, 1.165) is 56.7 Å². The number of nitrogens with zero attached hydrogens (tertiary/aromatic N) is 2. The SMILES string of the molecule is CN(C(=O)CC1CCCCC1)[C@H]1CC[C@@]2(O)[C@@H]3Cc4ccc(O)c5c4[C@@]2(CCN3CC2CC2)[C@H]1O5. The average Bonchev–Trinajstić information content (AvgIpc) is 3.60. The molecule has 0 radical (unpaired) electrons. The number of phenolic OH excluding ortho intramolecular Hbond substituents is 1. The first-order chi connectivity index (χ1) is 16.9. The molecule has 190 valence electrons. The predicted molar refractivity (Wildman–Crippen MR) is 133 cm³/mol. The monoisotopic (exact) mass is 480 g/mol. The summed E-state index contributed by atoms with van der Waals surface area (Å²) < 4.78 is 6.65. The topological polar surface area (TPSA) is 73.2 Å². The number of amides is 1. The highest BCUT2D eigenvalue weighted by atomic mass is 16.5. The minimum absolute atomic E-state index is 0.0788. The van der Waals surface area contributed by atoms with E-state index in [9.17, 15) is 15.0 Å². The highest BCUT2D eigenvalue weighted by molar-refractivity contribution is 5.77. The number of aromatic hydroxyl groups is 1. The number of benzene rings is 1. The Bertz CT molecular complexity index is 1030. The first-order valence-corrected chi connectivity index (χ1v) is 14.2. The molecule has 2 N–H and O–H groups in total. The summed E-state index contributed by atoms with van der Waals surface area (Å²) >= 11 is 0. The van der Waals surface area contributed by atoms with Crippen LogP contribution in [0.5, 0.6) is 11.5 Å². The van der Waals surface area contributed by atoms with E-state index in [-0.39, 0.29) is 29.8 Å². The van der Waals surface area contributed by atoms with Gasteiger partial charge in [0.15, 0.2) is 11.5 Å². The second kappa shape index (κ2) is 7.85. The molecule has 2 bridgehead atoms. The molecule has 1 amide bonds. The van der Waals surface area contributed by atoms with Crippen molar-refractivity contribution in [1.29, 1.82) is 0 Å². The fourth-order valence-electron chi connectivity index (χ4n) is 8.82. The van der Waals surface area contributed by atoms with Gasteiger partial charge in [-0.25, -0.2) is 0 Å². The molecule has 6 nitrogen and oxygen atoms in total. The molecule has 6 aliphatic rings. The van der Waals surface area contributed by atoms with Gasteiger partial charge < -0.3 is 19.8 Å². The van der Waals surface area contributed by atoms with Crippen LogP contribution >= 0.6 is 0 Å². The molecule has 6 heteroatoms. The summed E-state index contributed by atoms with van der Waals surface area (Å²) in [4.78, 5) is 18.0. The number of ether oxygens (including phenoxy) is 1. The maximum atomic E-state index is 13.5. The first kappa shape index (κ1) is 22.4. The highest BCUT2D eigenvalue weighted by Gasteiger charge is 2.73. The summed E-state index contributed by atoms with van der Waals surface area (Å²) in [6, 6.07) is 3.81. The molecule has 1 spiro atoms. The summed E-state index contributed by atoms with van der Waals surface area (Å²) in [6.45, 7) is 2.03. The van der Waals surface area contributed by atoms with E-state index in [2.05, 4.69) is 11.0 Å². The standard InChI is InChI=1S/C29H40N2O4/c1-30(24(33)15-18-5-3-2-4-6-18)21-11-12-29(34)23-16-20-9-10-22(32)26-25(20)28(29,27(21)35-26)13-14-31(23)17-19-7-8-19/h9-10,18-19,21,23,27,32,34H,2-8,11-17H2,1H3/t21-,23-,27-,28-,29+/m0/s1. The molecule has 0 unspecified atom stereocenters. The quantitative estimate of drug-likeness (QED) is 0.672. The van der Waals surface area contributed by atoms with Gasteiger partial charge >= 0.3 is 0 Å². The lowest BCUT2D eigenvalue weighted by molar-refractivity contribution is -0.200. The lowest BCUT2D eigenvalue weighted by Gasteiger charge is -2.64. The van der Waals surface area contributed by atoms with E-state index in [4.69, 9.17) is 4.74 Å². The fraction of sp³-hybridized carbons (Fsp3) is 0.759. The number of likely N-dealkylation sites (N-methyl/N-ethyl adjacent to an activating group) is 1. The second-order valence-electron chi connectivity index (χ2n) is 12.6. The van der Waals surface area contributed by atoms with Gasteiger partial charge in [0.2, 0.25) is 5.91 Å². The molecular formula is C29H40N2O4. The van der Waals surface area contributed by atoms with Crippen molar-refractivity contribution in [3.8, 4) is 11.5 Å². The van der Waals surface area contributed by atoms with Crippen molar-refractivity contribution in [2.75, 3.05) is 20.1 Å². The van der Waals surface area contributed by atoms with Crippen molar-refractivity contribution in [3.05, 3.63) is 23.3 Å². The number of hydrogen-bond acceptors (Lipinski definition) is 5. The molecule has 4 aliphatic carbocycles. The van der Waals surface area contributed by atoms with Crippen LogP contribution in [-0.4, -0.2) is 69.8 Å². The van der Waals surface area contributed by atoms with Crippen LogP contribution in [0.15, 0.2) is 12.1 Å². The van der Waals surface area contributed by atoms with Crippen molar-refractivity contribution >= 4 is 5.91 Å². The Morgan fingerprint density at radius 2 is 1.91 bits per heavy atom. The molecule has 1 aromatic carbocycles. The second-order valence-corrected chi connectivity index (χ2v) is 12.6. The molecule has 2 heterocycles. The van der Waals surface area contributed by atoms with Gasteiger partial charge in [-0.15, -0.1) is 0 Å². The first-order valence-electron chi connectivity index (χ1n) is 14.2. The van der Waals surface area contributed by atoms with Gasteiger partial charge in [-0.2, -0.15) is 0 Å². The van der Waals surface area contributed by atoms with Crippen LogP contribution < -0.4 is 4.74 Å². The molecular weight excluding hydrogens is 440 g/mol. The molecule has 0 aromatic heterocycles. The zero-order valence-corrected chi connectivity index (χ0v) is 21.0. The Balaban J connectivity index is 1.25. The van der Waals surface area contributed by atoms with Gasteiger partial charge in [0.1, 0.15) is 6.10 Å². The van der Waals surface area contributed by atoms with Crippen molar-refractivity contribution in [2.24, 2.45) is 11.8 Å². The van der Waals surface area contributed by atoms with Crippen LogP contribution in [0, 0.1) is 11.8 Å². The number of carbonyl (C=O) groups is 1. The Labute approximate surface area is 208 Å². The van der Waals surface area contributed by atoms with Crippen molar-refractivity contribution in [2.45, 2.75) is 106 Å². The van der Waals surface area contributed by atoms with Gasteiger partial charge in [-0.3, -0.25) is 9.69 Å². The zero-order valence-electron chi connectivity index (χ0n) is 21.0. The van der Waals surface area contributed by atoms with E-state index >= 15 is 0 Å².